The number of amides is 2. The zero-order chi connectivity index (χ0) is 13.8. The lowest BCUT2D eigenvalue weighted by atomic mass is 9.94. The van der Waals surface area contributed by atoms with E-state index in [-0.39, 0.29) is 24.9 Å². The first-order valence-electron chi connectivity index (χ1n) is 6.15. The van der Waals surface area contributed by atoms with Crippen LogP contribution in [-0.2, 0) is 9.59 Å². The summed E-state index contributed by atoms with van der Waals surface area (Å²) in [5, 5.41) is 12.7. The Balaban J connectivity index is 2.30. The van der Waals surface area contributed by atoms with Crippen LogP contribution in [0.5, 0.6) is 0 Å². The molecule has 1 aliphatic rings. The van der Waals surface area contributed by atoms with Crippen LogP contribution in [0.4, 0.5) is 0 Å². The van der Waals surface area contributed by atoms with Crippen LogP contribution in [0.2, 0.25) is 0 Å². The van der Waals surface area contributed by atoms with E-state index in [9.17, 15) is 14.7 Å². The highest BCUT2D eigenvalue weighted by molar-refractivity contribution is 8.00. The van der Waals surface area contributed by atoms with E-state index < -0.39 is 5.60 Å². The Morgan fingerprint density at radius 3 is 2.78 bits per heavy atom. The number of hydrogen-bond donors (Lipinski definition) is 2. The van der Waals surface area contributed by atoms with Crippen LogP contribution in [0.3, 0.4) is 0 Å². The predicted octanol–water partition coefficient (Wildman–Crippen LogP) is 0.433. The second-order valence-electron chi connectivity index (χ2n) is 5.44. The van der Waals surface area contributed by atoms with Crippen LogP contribution in [-0.4, -0.2) is 52.1 Å². The Morgan fingerprint density at radius 2 is 2.28 bits per heavy atom. The summed E-state index contributed by atoms with van der Waals surface area (Å²) in [5.41, 5.74) is -0.895. The van der Waals surface area contributed by atoms with Crippen LogP contribution >= 0.6 is 11.8 Å². The summed E-state index contributed by atoms with van der Waals surface area (Å²) in [6.07, 6.45) is 0.631. The SMILES string of the molecule is CC(C)CC(C)(O)CNC(=O)CN1CSCC1=O. The molecule has 2 amide bonds. The Labute approximate surface area is 112 Å². The van der Waals surface area contributed by atoms with Crippen molar-refractivity contribution >= 4 is 23.6 Å². The first kappa shape index (κ1) is 15.3. The molecule has 0 aliphatic carbocycles. The molecule has 1 aliphatic heterocycles. The van der Waals surface area contributed by atoms with Gasteiger partial charge in [0, 0.05) is 6.54 Å². The number of carbonyl (C=O) groups excluding carboxylic acids is 2. The fourth-order valence-electron chi connectivity index (χ4n) is 2.01. The Hall–Kier alpha value is -0.750. The lowest BCUT2D eigenvalue weighted by Crippen LogP contribution is -2.45. The molecule has 0 saturated carbocycles. The molecule has 5 nitrogen and oxygen atoms in total. The van der Waals surface area contributed by atoms with E-state index in [1.807, 2.05) is 13.8 Å². The zero-order valence-corrected chi connectivity index (χ0v) is 12.0. The van der Waals surface area contributed by atoms with Gasteiger partial charge >= 0.3 is 0 Å². The lowest BCUT2D eigenvalue weighted by molar-refractivity contribution is -0.132. The maximum absolute atomic E-state index is 11.7. The van der Waals surface area contributed by atoms with Crippen molar-refractivity contribution in [1.29, 1.82) is 0 Å². The first-order valence-corrected chi connectivity index (χ1v) is 7.30. The molecule has 1 saturated heterocycles. The average molecular weight is 274 g/mol. The largest absolute Gasteiger partial charge is 0.388 e. The fourth-order valence-corrected chi connectivity index (χ4v) is 2.91. The summed E-state index contributed by atoms with van der Waals surface area (Å²) in [7, 11) is 0. The minimum absolute atomic E-state index is 0.00379. The van der Waals surface area contributed by atoms with Crippen molar-refractivity contribution in [3.8, 4) is 0 Å². The van der Waals surface area contributed by atoms with Crippen LogP contribution in [0.1, 0.15) is 27.2 Å². The summed E-state index contributed by atoms with van der Waals surface area (Å²) in [6.45, 7) is 6.07. The number of thioether (sulfide) groups is 1. The number of aliphatic hydroxyl groups is 1. The van der Waals surface area contributed by atoms with Gasteiger partial charge in [-0.05, 0) is 19.3 Å². The van der Waals surface area contributed by atoms with Gasteiger partial charge in [-0.15, -0.1) is 11.8 Å². The topological polar surface area (TPSA) is 69.6 Å². The van der Waals surface area contributed by atoms with Gasteiger partial charge in [0.25, 0.3) is 0 Å². The highest BCUT2D eigenvalue weighted by atomic mass is 32.2. The van der Waals surface area contributed by atoms with Crippen molar-refractivity contribution in [2.45, 2.75) is 32.8 Å². The maximum Gasteiger partial charge on any atom is 0.239 e. The van der Waals surface area contributed by atoms with Crippen molar-refractivity contribution in [3.63, 3.8) is 0 Å². The predicted molar refractivity (Wildman–Crippen MR) is 72.1 cm³/mol. The first-order chi connectivity index (χ1) is 8.30. The van der Waals surface area contributed by atoms with Gasteiger partial charge in [0.2, 0.25) is 11.8 Å². The Morgan fingerprint density at radius 1 is 1.61 bits per heavy atom. The second-order valence-corrected chi connectivity index (χ2v) is 6.40. The molecule has 6 heteroatoms. The quantitative estimate of drug-likeness (QED) is 0.737. The molecule has 0 bridgehead atoms. The van der Waals surface area contributed by atoms with E-state index in [0.29, 0.717) is 24.0 Å². The van der Waals surface area contributed by atoms with Crippen molar-refractivity contribution in [1.82, 2.24) is 10.2 Å². The molecule has 2 N–H and O–H groups in total. The summed E-state index contributed by atoms with van der Waals surface area (Å²) in [6, 6.07) is 0. The minimum atomic E-state index is -0.895. The van der Waals surface area contributed by atoms with Gasteiger partial charge in [-0.25, -0.2) is 0 Å². The molecule has 1 unspecified atom stereocenters. The molecule has 1 rings (SSSR count). The maximum atomic E-state index is 11.7. The molecule has 0 aromatic rings. The highest BCUT2D eigenvalue weighted by Gasteiger charge is 2.25. The van der Waals surface area contributed by atoms with Crippen molar-refractivity contribution in [2.75, 3.05) is 24.7 Å². The molecule has 1 fully saturated rings. The van der Waals surface area contributed by atoms with Crippen LogP contribution in [0, 0.1) is 5.92 Å². The van der Waals surface area contributed by atoms with Crippen LogP contribution in [0.25, 0.3) is 0 Å². The van der Waals surface area contributed by atoms with Crippen molar-refractivity contribution < 1.29 is 14.7 Å². The molecule has 1 atom stereocenters. The molecule has 0 radical (unpaired) electrons. The van der Waals surface area contributed by atoms with Crippen molar-refractivity contribution in [2.24, 2.45) is 5.92 Å². The van der Waals surface area contributed by atoms with Gasteiger partial charge < -0.3 is 15.3 Å². The zero-order valence-electron chi connectivity index (χ0n) is 11.2. The van der Waals surface area contributed by atoms with E-state index in [0.717, 1.165) is 0 Å². The monoisotopic (exact) mass is 274 g/mol. The van der Waals surface area contributed by atoms with E-state index in [2.05, 4.69) is 5.32 Å². The number of rotatable bonds is 6. The van der Waals surface area contributed by atoms with Gasteiger partial charge in [0.15, 0.2) is 0 Å². The van der Waals surface area contributed by atoms with Gasteiger partial charge in [0.1, 0.15) is 6.54 Å². The molecule has 1 heterocycles. The third-order valence-electron chi connectivity index (χ3n) is 2.67. The van der Waals surface area contributed by atoms with E-state index >= 15 is 0 Å². The fraction of sp³-hybridized carbons (Fsp3) is 0.833. The molecule has 0 spiro atoms. The highest BCUT2D eigenvalue weighted by Crippen LogP contribution is 2.16. The normalized spacial score (nSPS) is 19.2. The Bertz CT molecular complexity index is 318. The molecule has 18 heavy (non-hydrogen) atoms. The number of nitrogens with zero attached hydrogens (tertiary/aromatic N) is 1. The molecular formula is C12H22N2O3S. The number of nitrogens with one attached hydrogen (secondary N) is 1. The Kier molecular flexibility index (Phi) is 5.47. The van der Waals surface area contributed by atoms with Crippen LogP contribution < -0.4 is 5.32 Å². The molecule has 104 valence electrons. The van der Waals surface area contributed by atoms with Crippen LogP contribution in [0.15, 0.2) is 0 Å². The molecule has 0 aromatic carbocycles. The number of hydrogen-bond acceptors (Lipinski definition) is 4. The average Bonchev–Trinajstić information content (AvgIpc) is 2.60. The smallest absolute Gasteiger partial charge is 0.239 e. The summed E-state index contributed by atoms with van der Waals surface area (Å²) < 4.78 is 0. The van der Waals surface area contributed by atoms with E-state index in [1.165, 1.54) is 16.7 Å². The standard InChI is InChI=1S/C12H22N2O3S/c1-9(2)4-12(3,17)7-13-10(15)5-14-8-18-6-11(14)16/h9,17H,4-8H2,1-3H3,(H,13,15). The third-order valence-corrected chi connectivity index (χ3v) is 3.62. The molecular weight excluding hydrogens is 252 g/mol. The van der Waals surface area contributed by atoms with Crippen molar-refractivity contribution in [3.05, 3.63) is 0 Å². The van der Waals surface area contributed by atoms with Gasteiger partial charge in [-0.3, -0.25) is 9.59 Å². The van der Waals surface area contributed by atoms with Gasteiger partial charge in [-0.2, -0.15) is 0 Å². The lowest BCUT2D eigenvalue weighted by Gasteiger charge is -2.26. The molecule has 0 aromatic heterocycles. The summed E-state index contributed by atoms with van der Waals surface area (Å²) >= 11 is 1.51. The number of carbonyl (C=O) groups is 2. The minimum Gasteiger partial charge on any atom is -0.388 e. The summed E-state index contributed by atoms with van der Waals surface area (Å²) in [4.78, 5) is 24.5. The van der Waals surface area contributed by atoms with Gasteiger partial charge in [0.05, 0.1) is 17.2 Å². The van der Waals surface area contributed by atoms with Gasteiger partial charge in [-0.1, -0.05) is 13.8 Å². The van der Waals surface area contributed by atoms with E-state index in [4.69, 9.17) is 0 Å². The third kappa shape index (κ3) is 5.27. The van der Waals surface area contributed by atoms with E-state index in [1.54, 1.807) is 6.92 Å². The summed E-state index contributed by atoms with van der Waals surface area (Å²) in [5.74, 6) is 1.19. The second kappa shape index (κ2) is 6.43.